The molecule has 0 N–H and O–H groups in total. The molecule has 4 heteroatoms. The van der Waals surface area contributed by atoms with Crippen LogP contribution >= 0.6 is 0 Å². The molecule has 224 valence electrons. The maximum atomic E-state index is 9.54. The first kappa shape index (κ1) is 28.8. The average Bonchev–Trinajstić information content (AvgIpc) is 3.18. The molecule has 8 rings (SSSR count). The minimum Gasteiger partial charge on any atom is -0.248 e. The van der Waals surface area contributed by atoms with Gasteiger partial charge in [0.05, 0.1) is 45.4 Å². The third-order valence-electron chi connectivity index (χ3n) is 8.49. The number of hydrogen-bond acceptors (Lipinski definition) is 4. The largest absolute Gasteiger partial charge is 0.248 e. The van der Waals surface area contributed by atoms with Gasteiger partial charge in [0.2, 0.25) is 0 Å². The zero-order chi connectivity index (χ0) is 32.3. The van der Waals surface area contributed by atoms with Crippen LogP contribution in [0, 0.1) is 11.3 Å². The van der Waals surface area contributed by atoms with Crippen molar-refractivity contribution in [2.45, 2.75) is 0 Å². The van der Waals surface area contributed by atoms with Crippen LogP contribution in [0.3, 0.4) is 0 Å². The Morgan fingerprint density at radius 2 is 0.833 bits per heavy atom. The zero-order valence-electron chi connectivity index (χ0n) is 26.0. The maximum Gasteiger partial charge on any atom is 0.0991 e. The molecule has 0 unspecified atom stereocenters. The highest BCUT2D eigenvalue weighted by Crippen LogP contribution is 2.35. The Morgan fingerprint density at radius 1 is 0.333 bits per heavy atom. The fourth-order valence-electron chi connectivity index (χ4n) is 6.05. The summed E-state index contributed by atoms with van der Waals surface area (Å²) in [4.78, 5) is 15.2. The van der Waals surface area contributed by atoms with E-state index in [1.807, 2.05) is 66.7 Å². The van der Waals surface area contributed by atoms with Crippen molar-refractivity contribution in [3.05, 3.63) is 175 Å². The Bertz CT molecular complexity index is 2390. The fourth-order valence-corrected chi connectivity index (χ4v) is 6.05. The van der Waals surface area contributed by atoms with Crippen LogP contribution < -0.4 is 0 Å². The lowest BCUT2D eigenvalue weighted by atomic mass is 9.96. The summed E-state index contributed by atoms with van der Waals surface area (Å²) in [6.45, 7) is 0. The molecule has 6 aromatic carbocycles. The van der Waals surface area contributed by atoms with Crippen molar-refractivity contribution in [3.8, 4) is 73.4 Å². The van der Waals surface area contributed by atoms with Gasteiger partial charge in [0.15, 0.2) is 0 Å². The van der Waals surface area contributed by atoms with E-state index in [4.69, 9.17) is 15.0 Å². The average molecular weight is 613 g/mol. The predicted octanol–water partition coefficient (Wildman–Crippen LogP) is 10.9. The van der Waals surface area contributed by atoms with Crippen molar-refractivity contribution >= 4 is 11.0 Å². The molecule has 8 aromatic rings. The van der Waals surface area contributed by atoms with Crippen LogP contribution in [-0.4, -0.2) is 15.0 Å². The minimum absolute atomic E-state index is 0.586. The minimum atomic E-state index is 0.586. The van der Waals surface area contributed by atoms with E-state index in [-0.39, 0.29) is 0 Å². The molecule has 0 fully saturated rings. The smallest absolute Gasteiger partial charge is 0.0991 e. The highest BCUT2D eigenvalue weighted by molar-refractivity contribution is 5.87. The number of para-hydroxylation sites is 2. The summed E-state index contributed by atoms with van der Waals surface area (Å²) >= 11 is 0. The molecule has 2 aromatic heterocycles. The Balaban J connectivity index is 1.19. The fraction of sp³-hybridized carbons (Fsp3) is 0. The molecular weight excluding hydrogens is 585 g/mol. The van der Waals surface area contributed by atoms with E-state index in [0.29, 0.717) is 5.56 Å². The second-order valence-electron chi connectivity index (χ2n) is 11.6. The van der Waals surface area contributed by atoms with E-state index >= 15 is 0 Å². The number of benzene rings is 6. The van der Waals surface area contributed by atoms with Crippen LogP contribution in [0.1, 0.15) is 5.56 Å². The number of hydrogen-bond donors (Lipinski definition) is 0. The Kier molecular flexibility index (Phi) is 7.54. The van der Waals surface area contributed by atoms with Gasteiger partial charge in [-0.2, -0.15) is 5.26 Å². The van der Waals surface area contributed by atoms with Crippen LogP contribution in [0.4, 0.5) is 0 Å². The summed E-state index contributed by atoms with van der Waals surface area (Å²) in [6, 6.07) is 59.8. The third-order valence-corrected chi connectivity index (χ3v) is 8.49. The maximum absolute atomic E-state index is 9.54. The van der Waals surface area contributed by atoms with Crippen LogP contribution in [0.2, 0.25) is 0 Å². The van der Waals surface area contributed by atoms with Gasteiger partial charge in [0.1, 0.15) is 0 Å². The first-order valence-electron chi connectivity index (χ1n) is 15.8. The van der Waals surface area contributed by atoms with E-state index < -0.39 is 0 Å². The third kappa shape index (κ3) is 5.73. The van der Waals surface area contributed by atoms with E-state index in [0.717, 1.165) is 78.3 Å². The van der Waals surface area contributed by atoms with E-state index in [2.05, 4.69) is 103 Å². The highest BCUT2D eigenvalue weighted by Gasteiger charge is 2.15. The van der Waals surface area contributed by atoms with E-state index in [1.165, 1.54) is 0 Å². The molecule has 0 saturated heterocycles. The van der Waals surface area contributed by atoms with Crippen molar-refractivity contribution < 1.29 is 0 Å². The standard InChI is InChI=1S/C44H28N4/c45-29-30-11-9-18-37(25-30)44-43(47-39-19-7-8-20-40(39)48-44)34-23-21-32(22-24-34)35-16-10-17-36(26-35)42-28-38(31-12-3-1-4-13-31)27-41(46-42)33-14-5-2-6-15-33/h1-28H. The quantitative estimate of drug-likeness (QED) is 0.187. The van der Waals surface area contributed by atoms with E-state index in [1.54, 1.807) is 6.07 Å². The first-order chi connectivity index (χ1) is 23.7. The van der Waals surface area contributed by atoms with Gasteiger partial charge in [-0.15, -0.1) is 0 Å². The summed E-state index contributed by atoms with van der Waals surface area (Å²) in [5.41, 5.74) is 14.0. The number of fused-ring (bicyclic) bond motifs is 1. The molecule has 0 bridgehead atoms. The number of pyridine rings is 1. The Labute approximate surface area is 279 Å². The summed E-state index contributed by atoms with van der Waals surface area (Å²) in [5, 5.41) is 9.54. The van der Waals surface area contributed by atoms with E-state index in [9.17, 15) is 5.26 Å². The number of nitrogens with zero attached hydrogens (tertiary/aromatic N) is 4. The molecule has 0 aliphatic carbocycles. The summed E-state index contributed by atoms with van der Waals surface area (Å²) in [6.07, 6.45) is 0. The Morgan fingerprint density at radius 3 is 1.52 bits per heavy atom. The van der Waals surface area contributed by atoms with Crippen molar-refractivity contribution in [3.63, 3.8) is 0 Å². The molecule has 0 saturated carbocycles. The molecule has 0 atom stereocenters. The van der Waals surface area contributed by atoms with Crippen molar-refractivity contribution in [2.75, 3.05) is 0 Å². The lowest BCUT2D eigenvalue weighted by Gasteiger charge is -2.13. The molecule has 0 aliphatic heterocycles. The second-order valence-corrected chi connectivity index (χ2v) is 11.6. The van der Waals surface area contributed by atoms with Crippen LogP contribution in [-0.2, 0) is 0 Å². The molecule has 0 aliphatic rings. The normalized spacial score (nSPS) is 10.9. The van der Waals surface area contributed by atoms with Gasteiger partial charge in [-0.05, 0) is 64.7 Å². The number of nitriles is 1. The molecule has 0 spiro atoms. The van der Waals surface area contributed by atoms with Gasteiger partial charge < -0.3 is 0 Å². The SMILES string of the molecule is N#Cc1cccc(-c2nc3ccccc3nc2-c2ccc(-c3cccc(-c4cc(-c5ccccc5)cc(-c5ccccc5)n4)c3)cc2)c1. The molecule has 48 heavy (non-hydrogen) atoms. The van der Waals surface area contributed by atoms with Gasteiger partial charge in [-0.1, -0.05) is 127 Å². The monoisotopic (exact) mass is 612 g/mol. The molecule has 2 heterocycles. The topological polar surface area (TPSA) is 62.5 Å². The molecule has 0 radical (unpaired) electrons. The lowest BCUT2D eigenvalue weighted by Crippen LogP contribution is -1.96. The van der Waals surface area contributed by atoms with Gasteiger partial charge >= 0.3 is 0 Å². The summed E-state index contributed by atoms with van der Waals surface area (Å²) < 4.78 is 0. The van der Waals surface area contributed by atoms with Crippen molar-refractivity contribution in [1.82, 2.24) is 15.0 Å². The summed E-state index contributed by atoms with van der Waals surface area (Å²) in [5.74, 6) is 0. The first-order valence-corrected chi connectivity index (χ1v) is 15.8. The zero-order valence-corrected chi connectivity index (χ0v) is 26.0. The van der Waals surface area contributed by atoms with Gasteiger partial charge in [-0.25, -0.2) is 15.0 Å². The highest BCUT2D eigenvalue weighted by atomic mass is 14.8. The van der Waals surface area contributed by atoms with Crippen LogP contribution in [0.25, 0.3) is 78.3 Å². The summed E-state index contributed by atoms with van der Waals surface area (Å²) in [7, 11) is 0. The van der Waals surface area contributed by atoms with Crippen LogP contribution in [0.15, 0.2) is 170 Å². The van der Waals surface area contributed by atoms with Crippen molar-refractivity contribution in [2.24, 2.45) is 0 Å². The second kappa shape index (κ2) is 12.6. The molecule has 4 nitrogen and oxygen atoms in total. The molecular formula is C44H28N4. The van der Waals surface area contributed by atoms with Gasteiger partial charge in [0, 0.05) is 22.3 Å². The molecule has 0 amide bonds. The van der Waals surface area contributed by atoms with Gasteiger partial charge in [-0.3, -0.25) is 0 Å². The van der Waals surface area contributed by atoms with Crippen LogP contribution in [0.5, 0.6) is 0 Å². The lowest BCUT2D eigenvalue weighted by molar-refractivity contribution is 1.29. The number of rotatable bonds is 6. The Hall–Kier alpha value is -6.70. The van der Waals surface area contributed by atoms with Crippen molar-refractivity contribution in [1.29, 1.82) is 5.26 Å². The number of aromatic nitrogens is 3. The predicted molar refractivity (Wildman–Crippen MR) is 195 cm³/mol. The van der Waals surface area contributed by atoms with Gasteiger partial charge in [0.25, 0.3) is 0 Å².